The van der Waals surface area contributed by atoms with Gasteiger partial charge in [0.2, 0.25) is 0 Å². The molecule has 2 aromatic rings. The average Bonchev–Trinajstić information content (AvgIpc) is 2.94. The second-order valence-corrected chi connectivity index (χ2v) is 9.18. The highest BCUT2D eigenvalue weighted by Gasteiger charge is 2.44. The lowest BCUT2D eigenvalue weighted by atomic mass is 9.91. The van der Waals surface area contributed by atoms with Gasteiger partial charge in [-0.05, 0) is 67.0 Å². The van der Waals surface area contributed by atoms with Crippen LogP contribution in [0.4, 0.5) is 5.69 Å². The zero-order valence-corrected chi connectivity index (χ0v) is 18.7. The van der Waals surface area contributed by atoms with Gasteiger partial charge < -0.3 is 4.90 Å². The first-order valence-corrected chi connectivity index (χ1v) is 10.9. The second-order valence-electron chi connectivity index (χ2n) is 8.75. The number of amides is 2. The summed E-state index contributed by atoms with van der Waals surface area (Å²) in [5, 5.41) is 0.601. The van der Waals surface area contributed by atoms with E-state index in [2.05, 4.69) is 18.7 Å². The molecule has 0 N–H and O–H groups in total. The number of likely N-dealkylation sites (tertiary alicyclic amines) is 1. The van der Waals surface area contributed by atoms with Crippen molar-refractivity contribution in [1.82, 2.24) is 4.90 Å². The summed E-state index contributed by atoms with van der Waals surface area (Å²) in [5.41, 5.74) is 4.36. The summed E-state index contributed by atoms with van der Waals surface area (Å²) >= 11 is 6.08. The molecule has 1 saturated heterocycles. The van der Waals surface area contributed by atoms with Gasteiger partial charge in [-0.15, -0.1) is 0 Å². The number of benzene rings is 2. The summed E-state index contributed by atoms with van der Waals surface area (Å²) in [6.07, 6.45) is 1.13. The molecule has 1 fully saturated rings. The number of nitrogens with zero attached hydrogens (tertiary/aromatic N) is 2. The number of carbonyl (C=O) groups is 2. The van der Waals surface area contributed by atoms with Crippen LogP contribution >= 0.6 is 11.6 Å². The third-order valence-corrected chi connectivity index (χ3v) is 6.45. The van der Waals surface area contributed by atoms with Crippen molar-refractivity contribution in [1.29, 1.82) is 0 Å². The lowest BCUT2D eigenvalue weighted by molar-refractivity contribution is -0.120. The standard InChI is InChI=1S/C25H27ClN2O2/c1-15-12-16(2)14-27(13-15)23-22(19-8-10-20(26)11-9-19)24(29)28(25(23)30)21-7-5-6-17(3)18(21)4/h5-11,15-16H,12-14H2,1-4H3. The van der Waals surface area contributed by atoms with Crippen LogP contribution in [-0.4, -0.2) is 29.8 Å². The van der Waals surface area contributed by atoms with E-state index in [4.69, 9.17) is 11.6 Å². The van der Waals surface area contributed by atoms with E-state index in [0.29, 0.717) is 33.8 Å². The van der Waals surface area contributed by atoms with Crippen LogP contribution in [0.5, 0.6) is 0 Å². The van der Waals surface area contributed by atoms with Crippen LogP contribution < -0.4 is 4.90 Å². The fourth-order valence-electron chi connectivity index (χ4n) is 4.73. The summed E-state index contributed by atoms with van der Waals surface area (Å²) in [7, 11) is 0. The third-order valence-electron chi connectivity index (χ3n) is 6.19. The largest absolute Gasteiger partial charge is 0.366 e. The van der Waals surface area contributed by atoms with E-state index in [9.17, 15) is 9.59 Å². The fraction of sp³-hybridized carbons (Fsp3) is 0.360. The summed E-state index contributed by atoms with van der Waals surface area (Å²) < 4.78 is 0. The molecule has 2 aliphatic rings. The molecule has 0 saturated carbocycles. The van der Waals surface area contributed by atoms with Crippen LogP contribution in [0.1, 0.15) is 37.0 Å². The Morgan fingerprint density at radius 1 is 0.900 bits per heavy atom. The highest BCUT2D eigenvalue weighted by atomic mass is 35.5. The predicted molar refractivity (Wildman–Crippen MR) is 121 cm³/mol. The lowest BCUT2D eigenvalue weighted by Crippen LogP contribution is -2.42. The zero-order valence-electron chi connectivity index (χ0n) is 17.9. The Morgan fingerprint density at radius 2 is 1.53 bits per heavy atom. The van der Waals surface area contributed by atoms with Crippen LogP contribution in [0.3, 0.4) is 0 Å². The van der Waals surface area contributed by atoms with Crippen molar-refractivity contribution in [3.8, 4) is 0 Å². The van der Waals surface area contributed by atoms with Gasteiger partial charge in [-0.3, -0.25) is 9.59 Å². The van der Waals surface area contributed by atoms with E-state index in [0.717, 1.165) is 36.2 Å². The Kier molecular flexibility index (Phi) is 5.46. The maximum absolute atomic E-state index is 13.7. The number of hydrogen-bond acceptors (Lipinski definition) is 3. The monoisotopic (exact) mass is 422 g/mol. The highest BCUT2D eigenvalue weighted by Crippen LogP contribution is 2.38. The van der Waals surface area contributed by atoms with Crippen LogP contribution in [0.2, 0.25) is 5.02 Å². The van der Waals surface area contributed by atoms with Gasteiger partial charge in [-0.2, -0.15) is 0 Å². The maximum Gasteiger partial charge on any atom is 0.282 e. The number of hydrogen-bond donors (Lipinski definition) is 0. The molecule has 2 aromatic carbocycles. The number of imide groups is 1. The van der Waals surface area contributed by atoms with Gasteiger partial charge in [0.15, 0.2) is 0 Å². The number of carbonyl (C=O) groups excluding carboxylic acids is 2. The normalized spacial score (nSPS) is 22.3. The van der Waals surface area contributed by atoms with E-state index in [1.807, 2.05) is 44.2 Å². The molecule has 0 aliphatic carbocycles. The second kappa shape index (κ2) is 7.92. The Balaban J connectivity index is 1.86. The molecule has 2 atom stereocenters. The number of rotatable bonds is 3. The minimum absolute atomic E-state index is 0.236. The molecular weight excluding hydrogens is 396 g/mol. The zero-order chi connectivity index (χ0) is 21.6. The van der Waals surface area contributed by atoms with Crippen molar-refractivity contribution in [2.45, 2.75) is 34.1 Å². The molecule has 2 unspecified atom stereocenters. The molecule has 0 spiro atoms. The molecule has 4 rings (SSSR count). The number of piperidine rings is 1. The van der Waals surface area contributed by atoms with E-state index in [1.165, 1.54) is 4.90 Å². The first-order valence-electron chi connectivity index (χ1n) is 10.5. The molecule has 30 heavy (non-hydrogen) atoms. The minimum Gasteiger partial charge on any atom is -0.366 e. The fourth-order valence-corrected chi connectivity index (χ4v) is 4.86. The van der Waals surface area contributed by atoms with Crippen molar-refractivity contribution in [2.75, 3.05) is 18.0 Å². The van der Waals surface area contributed by atoms with Crippen molar-refractivity contribution in [3.63, 3.8) is 0 Å². The average molecular weight is 423 g/mol. The Labute approximate surface area is 183 Å². The van der Waals surface area contributed by atoms with Crippen molar-refractivity contribution in [2.24, 2.45) is 11.8 Å². The molecule has 2 heterocycles. The predicted octanol–water partition coefficient (Wildman–Crippen LogP) is 5.22. The molecule has 0 radical (unpaired) electrons. The van der Waals surface area contributed by atoms with Gasteiger partial charge in [-0.25, -0.2) is 4.90 Å². The van der Waals surface area contributed by atoms with Gasteiger partial charge in [0.05, 0.1) is 11.3 Å². The van der Waals surface area contributed by atoms with Gasteiger partial charge >= 0.3 is 0 Å². The number of anilines is 1. The lowest BCUT2D eigenvalue weighted by Gasteiger charge is -2.37. The molecule has 156 valence electrons. The first kappa shape index (κ1) is 20.7. The van der Waals surface area contributed by atoms with Crippen LogP contribution in [0.25, 0.3) is 5.57 Å². The summed E-state index contributed by atoms with van der Waals surface area (Å²) in [6, 6.07) is 12.9. The minimum atomic E-state index is -0.267. The summed E-state index contributed by atoms with van der Waals surface area (Å²) in [6.45, 7) is 9.90. The number of halogens is 1. The first-order chi connectivity index (χ1) is 14.3. The molecular formula is C25H27ClN2O2. The van der Waals surface area contributed by atoms with Crippen LogP contribution in [-0.2, 0) is 9.59 Å². The van der Waals surface area contributed by atoms with Gasteiger partial charge in [0, 0.05) is 18.1 Å². The van der Waals surface area contributed by atoms with Gasteiger partial charge in [0.1, 0.15) is 5.70 Å². The summed E-state index contributed by atoms with van der Waals surface area (Å²) in [4.78, 5) is 30.9. The van der Waals surface area contributed by atoms with Crippen molar-refractivity contribution >= 4 is 34.7 Å². The smallest absolute Gasteiger partial charge is 0.282 e. The van der Waals surface area contributed by atoms with Gasteiger partial charge in [-0.1, -0.05) is 49.7 Å². The topological polar surface area (TPSA) is 40.6 Å². The Morgan fingerprint density at radius 3 is 2.17 bits per heavy atom. The van der Waals surface area contributed by atoms with E-state index in [1.54, 1.807) is 12.1 Å². The molecule has 4 nitrogen and oxygen atoms in total. The third kappa shape index (κ3) is 3.54. The Bertz CT molecular complexity index is 1030. The van der Waals surface area contributed by atoms with Crippen molar-refractivity contribution < 1.29 is 9.59 Å². The van der Waals surface area contributed by atoms with Crippen LogP contribution in [0, 0.1) is 25.7 Å². The molecule has 5 heteroatoms. The SMILES string of the molecule is Cc1cccc(N2C(=O)C(c3ccc(Cl)cc3)=C(N3CC(C)CC(C)C3)C2=O)c1C. The molecule has 2 amide bonds. The Hall–Kier alpha value is -2.59. The van der Waals surface area contributed by atoms with Crippen molar-refractivity contribution in [3.05, 3.63) is 69.9 Å². The van der Waals surface area contributed by atoms with E-state index < -0.39 is 0 Å². The van der Waals surface area contributed by atoms with Crippen LogP contribution in [0.15, 0.2) is 48.2 Å². The quantitative estimate of drug-likeness (QED) is 0.637. The molecule has 0 aromatic heterocycles. The molecule has 0 bridgehead atoms. The van der Waals surface area contributed by atoms with Gasteiger partial charge in [0.25, 0.3) is 11.8 Å². The molecule has 2 aliphatic heterocycles. The number of aryl methyl sites for hydroxylation is 1. The van der Waals surface area contributed by atoms with E-state index in [-0.39, 0.29) is 11.8 Å². The highest BCUT2D eigenvalue weighted by molar-refractivity contribution is 6.45. The van der Waals surface area contributed by atoms with E-state index >= 15 is 0 Å². The maximum atomic E-state index is 13.7. The summed E-state index contributed by atoms with van der Waals surface area (Å²) in [5.74, 6) is 0.424.